The van der Waals surface area contributed by atoms with Gasteiger partial charge in [0.25, 0.3) is 5.91 Å². The molecule has 0 saturated carbocycles. The van der Waals surface area contributed by atoms with E-state index in [1.165, 1.54) is 18.1 Å². The Balaban J connectivity index is 1.56. The van der Waals surface area contributed by atoms with E-state index in [0.717, 1.165) is 12.2 Å². The minimum Gasteiger partial charge on any atom is -0.488 e. The van der Waals surface area contributed by atoms with Gasteiger partial charge in [0.2, 0.25) is 0 Å². The highest BCUT2D eigenvalue weighted by Crippen LogP contribution is 2.27. The molecule has 1 amide bonds. The number of hydrogen-bond acceptors (Lipinski definition) is 3. The van der Waals surface area contributed by atoms with E-state index in [-0.39, 0.29) is 12.0 Å². The Kier molecular flexibility index (Phi) is 2.76. The van der Waals surface area contributed by atoms with Crippen LogP contribution in [0.2, 0.25) is 0 Å². The summed E-state index contributed by atoms with van der Waals surface area (Å²) in [6.45, 7) is 0.499. The summed E-state index contributed by atoms with van der Waals surface area (Å²) in [5, 5.41) is 2.84. The van der Waals surface area contributed by atoms with E-state index in [9.17, 15) is 4.79 Å². The minimum atomic E-state index is -0.136. The largest absolute Gasteiger partial charge is 0.488 e. The van der Waals surface area contributed by atoms with E-state index in [1.54, 1.807) is 6.07 Å². The van der Waals surface area contributed by atoms with Crippen LogP contribution in [0, 0.1) is 0 Å². The number of para-hydroxylation sites is 1. The van der Waals surface area contributed by atoms with Gasteiger partial charge in [-0.15, -0.1) is 0 Å². The molecule has 1 aliphatic rings. The van der Waals surface area contributed by atoms with Crippen molar-refractivity contribution in [1.82, 2.24) is 5.32 Å². The van der Waals surface area contributed by atoms with Gasteiger partial charge in [-0.3, -0.25) is 4.79 Å². The monoisotopic (exact) mass is 243 g/mol. The van der Waals surface area contributed by atoms with Gasteiger partial charge in [-0.05, 0) is 17.7 Å². The van der Waals surface area contributed by atoms with Crippen molar-refractivity contribution >= 4 is 5.91 Å². The topological polar surface area (TPSA) is 51.5 Å². The van der Waals surface area contributed by atoms with E-state index < -0.39 is 0 Å². The molecule has 1 atom stereocenters. The Bertz CT molecular complexity index is 523. The molecule has 0 saturated heterocycles. The van der Waals surface area contributed by atoms with Crippen LogP contribution in [0.15, 0.2) is 47.3 Å². The Morgan fingerprint density at radius 1 is 1.33 bits per heavy atom. The third-order valence-electron chi connectivity index (χ3n) is 2.99. The molecular weight excluding hydrogens is 230 g/mol. The molecule has 4 nitrogen and oxygen atoms in total. The van der Waals surface area contributed by atoms with E-state index in [0.29, 0.717) is 12.1 Å². The second-order valence-corrected chi connectivity index (χ2v) is 4.27. The van der Waals surface area contributed by atoms with Gasteiger partial charge < -0.3 is 14.5 Å². The van der Waals surface area contributed by atoms with Crippen LogP contribution in [0.5, 0.6) is 5.75 Å². The van der Waals surface area contributed by atoms with Crippen LogP contribution < -0.4 is 10.1 Å². The average Bonchev–Trinajstić information content (AvgIpc) is 3.04. The number of benzene rings is 1. The Labute approximate surface area is 105 Å². The number of furan rings is 1. The zero-order valence-electron chi connectivity index (χ0n) is 9.76. The van der Waals surface area contributed by atoms with Crippen LogP contribution in [0.1, 0.15) is 15.9 Å². The highest BCUT2D eigenvalue weighted by molar-refractivity contribution is 5.93. The maximum Gasteiger partial charge on any atom is 0.254 e. The molecular formula is C14H13NO3. The first kappa shape index (κ1) is 10.9. The molecule has 2 aromatic rings. The summed E-state index contributed by atoms with van der Waals surface area (Å²) in [4.78, 5) is 11.7. The first-order chi connectivity index (χ1) is 8.83. The van der Waals surface area contributed by atoms with Gasteiger partial charge in [-0.25, -0.2) is 0 Å². The SMILES string of the molecule is O=C(NC[C@@H]1Cc2ccccc2O1)c1ccoc1. The van der Waals surface area contributed by atoms with Crippen molar-refractivity contribution in [3.05, 3.63) is 54.0 Å². The summed E-state index contributed by atoms with van der Waals surface area (Å²) in [5.74, 6) is 0.781. The van der Waals surface area contributed by atoms with E-state index >= 15 is 0 Å². The number of hydrogen-bond donors (Lipinski definition) is 1. The Hall–Kier alpha value is -2.23. The molecule has 92 valence electrons. The van der Waals surface area contributed by atoms with E-state index in [4.69, 9.17) is 9.15 Å². The van der Waals surface area contributed by atoms with Crippen LogP contribution in [0.25, 0.3) is 0 Å². The molecule has 2 heterocycles. The highest BCUT2D eigenvalue weighted by Gasteiger charge is 2.22. The summed E-state index contributed by atoms with van der Waals surface area (Å²) in [6.07, 6.45) is 3.76. The second-order valence-electron chi connectivity index (χ2n) is 4.27. The predicted molar refractivity (Wildman–Crippen MR) is 65.6 cm³/mol. The lowest BCUT2D eigenvalue weighted by molar-refractivity contribution is 0.0933. The van der Waals surface area contributed by atoms with Gasteiger partial charge in [0.1, 0.15) is 18.1 Å². The summed E-state index contributed by atoms with van der Waals surface area (Å²) in [7, 11) is 0. The first-order valence-corrected chi connectivity index (χ1v) is 5.88. The molecule has 3 rings (SSSR count). The maximum absolute atomic E-state index is 11.7. The van der Waals surface area contributed by atoms with Crippen molar-refractivity contribution < 1.29 is 13.9 Å². The van der Waals surface area contributed by atoms with Crippen molar-refractivity contribution in [3.8, 4) is 5.75 Å². The van der Waals surface area contributed by atoms with Crippen LogP contribution in [-0.4, -0.2) is 18.6 Å². The van der Waals surface area contributed by atoms with Gasteiger partial charge in [-0.2, -0.15) is 0 Å². The van der Waals surface area contributed by atoms with Crippen molar-refractivity contribution in [2.24, 2.45) is 0 Å². The molecule has 0 bridgehead atoms. The molecule has 1 aromatic carbocycles. The van der Waals surface area contributed by atoms with Gasteiger partial charge in [0.05, 0.1) is 18.4 Å². The third kappa shape index (κ3) is 2.09. The van der Waals surface area contributed by atoms with Crippen molar-refractivity contribution in [3.63, 3.8) is 0 Å². The quantitative estimate of drug-likeness (QED) is 0.897. The van der Waals surface area contributed by atoms with Crippen molar-refractivity contribution in [1.29, 1.82) is 0 Å². The average molecular weight is 243 g/mol. The fraction of sp³-hybridized carbons (Fsp3) is 0.214. The fourth-order valence-corrected chi connectivity index (χ4v) is 2.07. The molecule has 4 heteroatoms. The standard InChI is InChI=1S/C14H13NO3/c16-14(11-5-6-17-9-11)15-8-12-7-10-3-1-2-4-13(10)18-12/h1-6,9,12H,7-8H2,(H,15,16)/t12-/m0/s1. The molecule has 1 N–H and O–H groups in total. The van der Waals surface area contributed by atoms with E-state index in [1.807, 2.05) is 24.3 Å². The zero-order chi connectivity index (χ0) is 12.4. The number of nitrogens with one attached hydrogen (secondary N) is 1. The lowest BCUT2D eigenvalue weighted by atomic mass is 10.1. The van der Waals surface area contributed by atoms with Crippen LogP contribution in [0.3, 0.4) is 0 Å². The fourth-order valence-electron chi connectivity index (χ4n) is 2.07. The van der Waals surface area contributed by atoms with Gasteiger partial charge >= 0.3 is 0 Å². The van der Waals surface area contributed by atoms with Crippen LogP contribution >= 0.6 is 0 Å². The summed E-state index contributed by atoms with van der Waals surface area (Å²) >= 11 is 0. The van der Waals surface area contributed by atoms with Crippen molar-refractivity contribution in [2.75, 3.05) is 6.54 Å². The number of rotatable bonds is 3. The minimum absolute atomic E-state index is 0.0123. The van der Waals surface area contributed by atoms with Gasteiger partial charge in [0.15, 0.2) is 0 Å². The molecule has 0 radical (unpaired) electrons. The Morgan fingerprint density at radius 2 is 2.22 bits per heavy atom. The van der Waals surface area contributed by atoms with Crippen LogP contribution in [0.4, 0.5) is 0 Å². The number of fused-ring (bicyclic) bond motifs is 1. The molecule has 0 unspecified atom stereocenters. The maximum atomic E-state index is 11.7. The highest BCUT2D eigenvalue weighted by atomic mass is 16.5. The number of carbonyl (C=O) groups is 1. The van der Waals surface area contributed by atoms with Gasteiger partial charge in [0, 0.05) is 6.42 Å². The second kappa shape index (κ2) is 4.56. The number of carbonyl (C=O) groups excluding carboxylic acids is 1. The molecule has 0 spiro atoms. The first-order valence-electron chi connectivity index (χ1n) is 5.88. The zero-order valence-corrected chi connectivity index (χ0v) is 9.76. The molecule has 1 aliphatic heterocycles. The molecule has 18 heavy (non-hydrogen) atoms. The summed E-state index contributed by atoms with van der Waals surface area (Å²) < 4.78 is 10.6. The number of amides is 1. The number of ether oxygens (including phenoxy) is 1. The van der Waals surface area contributed by atoms with Gasteiger partial charge in [-0.1, -0.05) is 18.2 Å². The molecule has 0 aliphatic carbocycles. The van der Waals surface area contributed by atoms with Crippen molar-refractivity contribution in [2.45, 2.75) is 12.5 Å². The lowest BCUT2D eigenvalue weighted by Crippen LogP contribution is -2.34. The molecule has 1 aromatic heterocycles. The van der Waals surface area contributed by atoms with E-state index in [2.05, 4.69) is 5.32 Å². The summed E-state index contributed by atoms with van der Waals surface area (Å²) in [6, 6.07) is 9.58. The summed E-state index contributed by atoms with van der Waals surface area (Å²) in [5.41, 5.74) is 1.73. The van der Waals surface area contributed by atoms with Crippen LogP contribution in [-0.2, 0) is 6.42 Å². The smallest absolute Gasteiger partial charge is 0.254 e. The predicted octanol–water partition coefficient (Wildman–Crippen LogP) is 2.01. The third-order valence-corrected chi connectivity index (χ3v) is 2.99. The lowest BCUT2D eigenvalue weighted by Gasteiger charge is -2.11. The Morgan fingerprint density at radius 3 is 3.00 bits per heavy atom. The molecule has 0 fully saturated rings. The normalized spacial score (nSPS) is 17.0.